The molecule has 0 saturated carbocycles. The maximum absolute atomic E-state index is 12.3. The molecule has 1 N–H and O–H groups in total. The highest BCUT2D eigenvalue weighted by Gasteiger charge is 2.15. The van der Waals surface area contributed by atoms with Crippen molar-refractivity contribution in [2.45, 2.75) is 25.9 Å². The minimum atomic E-state index is -0.548. The second kappa shape index (κ2) is 9.08. The van der Waals surface area contributed by atoms with E-state index in [4.69, 9.17) is 9.47 Å². The van der Waals surface area contributed by atoms with Gasteiger partial charge < -0.3 is 14.8 Å². The molecule has 27 heavy (non-hydrogen) atoms. The van der Waals surface area contributed by atoms with Crippen LogP contribution >= 0.6 is 0 Å². The largest absolute Gasteiger partial charge is 0.497 e. The van der Waals surface area contributed by atoms with Crippen LogP contribution in [0.25, 0.3) is 10.8 Å². The number of amides is 1. The Morgan fingerprint density at radius 3 is 2.67 bits per heavy atom. The molecule has 0 radical (unpaired) electrons. The fourth-order valence-electron chi connectivity index (χ4n) is 3.02. The van der Waals surface area contributed by atoms with Gasteiger partial charge in [-0.25, -0.2) is 0 Å². The van der Waals surface area contributed by atoms with Crippen molar-refractivity contribution in [1.29, 1.82) is 0 Å². The number of nitrogens with one attached hydrogen (secondary N) is 1. The van der Waals surface area contributed by atoms with Gasteiger partial charge in [-0.05, 0) is 48.9 Å². The molecule has 4 nitrogen and oxygen atoms in total. The first-order chi connectivity index (χ1) is 13.2. The molecule has 140 valence electrons. The molecule has 3 aromatic rings. The normalized spacial score (nSPS) is 11.8. The van der Waals surface area contributed by atoms with Crippen LogP contribution in [0.4, 0.5) is 0 Å². The number of rotatable bonds is 8. The Kier molecular flexibility index (Phi) is 6.31. The van der Waals surface area contributed by atoms with Gasteiger partial charge in [-0.15, -0.1) is 0 Å². The summed E-state index contributed by atoms with van der Waals surface area (Å²) in [6.45, 7) is 2.39. The first-order valence-electron chi connectivity index (χ1n) is 9.22. The molecule has 4 heteroatoms. The van der Waals surface area contributed by atoms with Crippen LogP contribution in [0.2, 0.25) is 0 Å². The Bertz CT molecular complexity index is 902. The van der Waals surface area contributed by atoms with E-state index in [1.54, 1.807) is 14.0 Å². The minimum absolute atomic E-state index is 0.103. The molecule has 1 unspecified atom stereocenters. The van der Waals surface area contributed by atoms with Crippen molar-refractivity contribution < 1.29 is 14.3 Å². The Balaban J connectivity index is 1.49. The molecule has 0 aliphatic rings. The number of ether oxygens (including phenoxy) is 2. The standard InChI is InChI=1S/C23H25NO3/c1-17(27-22-14-6-11-19-10-3-4-13-21(19)22)23(25)24-15-7-9-18-8-5-12-20(16-18)26-2/h3-6,8,10-14,16-17H,7,9,15H2,1-2H3,(H,24,25). The van der Waals surface area contributed by atoms with Crippen molar-refractivity contribution in [3.05, 3.63) is 72.3 Å². The number of carbonyl (C=O) groups excluding carboxylic acids is 1. The molecule has 0 heterocycles. The van der Waals surface area contributed by atoms with Gasteiger partial charge in [0.2, 0.25) is 0 Å². The van der Waals surface area contributed by atoms with E-state index in [0.29, 0.717) is 6.54 Å². The third kappa shape index (κ3) is 5.00. The summed E-state index contributed by atoms with van der Waals surface area (Å²) in [6.07, 6.45) is 1.20. The van der Waals surface area contributed by atoms with Gasteiger partial charge in [-0.2, -0.15) is 0 Å². The zero-order valence-corrected chi connectivity index (χ0v) is 15.8. The summed E-state index contributed by atoms with van der Waals surface area (Å²) in [6, 6.07) is 21.9. The molecule has 3 aromatic carbocycles. The second-order valence-electron chi connectivity index (χ2n) is 6.48. The Labute approximate surface area is 160 Å². The molecule has 0 fully saturated rings. The van der Waals surface area contributed by atoms with E-state index in [0.717, 1.165) is 35.1 Å². The van der Waals surface area contributed by atoms with E-state index in [2.05, 4.69) is 11.4 Å². The van der Waals surface area contributed by atoms with Crippen LogP contribution in [-0.2, 0) is 11.2 Å². The lowest BCUT2D eigenvalue weighted by molar-refractivity contribution is -0.127. The van der Waals surface area contributed by atoms with E-state index in [9.17, 15) is 4.79 Å². The number of aryl methyl sites for hydroxylation is 1. The van der Waals surface area contributed by atoms with Gasteiger partial charge in [0.25, 0.3) is 5.91 Å². The monoisotopic (exact) mass is 363 g/mol. The van der Waals surface area contributed by atoms with Gasteiger partial charge in [-0.3, -0.25) is 4.79 Å². The molecular weight excluding hydrogens is 338 g/mol. The molecule has 3 rings (SSSR count). The molecule has 0 aliphatic heterocycles. The number of carbonyl (C=O) groups is 1. The summed E-state index contributed by atoms with van der Waals surface area (Å²) in [5.41, 5.74) is 1.20. The molecule has 0 spiro atoms. The third-order valence-corrected chi connectivity index (χ3v) is 4.50. The highest BCUT2D eigenvalue weighted by molar-refractivity contribution is 5.89. The van der Waals surface area contributed by atoms with Crippen molar-refractivity contribution >= 4 is 16.7 Å². The maximum Gasteiger partial charge on any atom is 0.260 e. The Morgan fingerprint density at radius 2 is 1.81 bits per heavy atom. The highest BCUT2D eigenvalue weighted by Crippen LogP contribution is 2.26. The molecule has 1 atom stereocenters. The second-order valence-corrected chi connectivity index (χ2v) is 6.48. The summed E-state index contributed by atoms with van der Waals surface area (Å²) >= 11 is 0. The number of methoxy groups -OCH3 is 1. The fraction of sp³-hybridized carbons (Fsp3) is 0.261. The molecule has 0 saturated heterocycles. The Hall–Kier alpha value is -3.01. The van der Waals surface area contributed by atoms with E-state index >= 15 is 0 Å². The quantitative estimate of drug-likeness (QED) is 0.605. The van der Waals surface area contributed by atoms with Gasteiger partial charge in [0.15, 0.2) is 6.10 Å². The smallest absolute Gasteiger partial charge is 0.260 e. The van der Waals surface area contributed by atoms with E-state index in [1.807, 2.05) is 60.7 Å². The van der Waals surface area contributed by atoms with Gasteiger partial charge in [-0.1, -0.05) is 48.5 Å². The maximum atomic E-state index is 12.3. The van der Waals surface area contributed by atoms with Crippen LogP contribution in [0.1, 0.15) is 18.9 Å². The number of hydrogen-bond donors (Lipinski definition) is 1. The molecule has 0 aromatic heterocycles. The van der Waals surface area contributed by atoms with Crippen LogP contribution in [0.5, 0.6) is 11.5 Å². The lowest BCUT2D eigenvalue weighted by Gasteiger charge is -2.16. The predicted octanol–water partition coefficient (Wildman–Crippen LogP) is 4.36. The van der Waals surface area contributed by atoms with Crippen LogP contribution < -0.4 is 14.8 Å². The average molecular weight is 363 g/mol. The van der Waals surface area contributed by atoms with E-state index in [1.165, 1.54) is 5.56 Å². The fourth-order valence-corrected chi connectivity index (χ4v) is 3.02. The van der Waals surface area contributed by atoms with Crippen molar-refractivity contribution in [1.82, 2.24) is 5.32 Å². The summed E-state index contributed by atoms with van der Waals surface area (Å²) in [7, 11) is 1.66. The van der Waals surface area contributed by atoms with Crippen molar-refractivity contribution in [3.63, 3.8) is 0 Å². The Morgan fingerprint density at radius 1 is 1.04 bits per heavy atom. The zero-order valence-electron chi connectivity index (χ0n) is 15.8. The van der Waals surface area contributed by atoms with Crippen molar-refractivity contribution in [2.75, 3.05) is 13.7 Å². The molecule has 1 amide bonds. The van der Waals surface area contributed by atoms with Crippen molar-refractivity contribution in [2.24, 2.45) is 0 Å². The lowest BCUT2D eigenvalue weighted by atomic mass is 10.1. The number of benzene rings is 3. The topological polar surface area (TPSA) is 47.6 Å². The van der Waals surface area contributed by atoms with Crippen LogP contribution in [0, 0.1) is 0 Å². The molecule has 0 bridgehead atoms. The van der Waals surface area contributed by atoms with E-state index in [-0.39, 0.29) is 5.91 Å². The van der Waals surface area contributed by atoms with Gasteiger partial charge in [0, 0.05) is 11.9 Å². The SMILES string of the molecule is COc1cccc(CCCNC(=O)C(C)Oc2cccc3ccccc23)c1. The van der Waals surface area contributed by atoms with Crippen molar-refractivity contribution in [3.8, 4) is 11.5 Å². The van der Waals surface area contributed by atoms with Crippen LogP contribution in [-0.4, -0.2) is 25.7 Å². The van der Waals surface area contributed by atoms with Crippen LogP contribution in [0.3, 0.4) is 0 Å². The van der Waals surface area contributed by atoms with Gasteiger partial charge in [0.1, 0.15) is 11.5 Å². The number of fused-ring (bicyclic) bond motifs is 1. The van der Waals surface area contributed by atoms with Crippen LogP contribution in [0.15, 0.2) is 66.7 Å². The highest BCUT2D eigenvalue weighted by atomic mass is 16.5. The minimum Gasteiger partial charge on any atom is -0.497 e. The van der Waals surface area contributed by atoms with E-state index < -0.39 is 6.10 Å². The first-order valence-corrected chi connectivity index (χ1v) is 9.22. The number of hydrogen-bond acceptors (Lipinski definition) is 3. The predicted molar refractivity (Wildman–Crippen MR) is 108 cm³/mol. The summed E-state index contributed by atoms with van der Waals surface area (Å²) in [5.74, 6) is 1.48. The average Bonchev–Trinajstić information content (AvgIpc) is 2.71. The van der Waals surface area contributed by atoms with Gasteiger partial charge >= 0.3 is 0 Å². The lowest BCUT2D eigenvalue weighted by Crippen LogP contribution is -2.37. The third-order valence-electron chi connectivity index (χ3n) is 4.50. The summed E-state index contributed by atoms with van der Waals surface area (Å²) in [5, 5.41) is 5.06. The zero-order chi connectivity index (χ0) is 19.1. The molecule has 0 aliphatic carbocycles. The summed E-state index contributed by atoms with van der Waals surface area (Å²) < 4.78 is 11.1. The summed E-state index contributed by atoms with van der Waals surface area (Å²) in [4.78, 5) is 12.3. The molecular formula is C23H25NO3. The van der Waals surface area contributed by atoms with Gasteiger partial charge in [0.05, 0.1) is 7.11 Å². The first kappa shape index (κ1) is 18.8.